The number of hydrogen-bond acceptors (Lipinski definition) is 3. The van der Waals surface area contributed by atoms with Crippen molar-refractivity contribution in [3.8, 4) is 0 Å². The molecule has 0 spiro atoms. The van der Waals surface area contributed by atoms with Gasteiger partial charge in [-0.3, -0.25) is 9.48 Å². The minimum atomic E-state index is -1.60. The molecule has 1 aromatic carbocycles. The van der Waals surface area contributed by atoms with Gasteiger partial charge in [-0.15, -0.1) is 0 Å². The van der Waals surface area contributed by atoms with Crippen molar-refractivity contribution in [2.75, 3.05) is 11.1 Å². The summed E-state index contributed by atoms with van der Waals surface area (Å²) in [5.41, 5.74) is 6.29. The summed E-state index contributed by atoms with van der Waals surface area (Å²) in [7, 11) is 0. The summed E-state index contributed by atoms with van der Waals surface area (Å²) in [6.45, 7) is 3.79. The fraction of sp³-hybridized carbons (Fsp3) is 0.231. The maximum atomic E-state index is 13.1. The largest absolute Gasteiger partial charge is 0.395 e. The molecule has 0 atom stereocenters. The van der Waals surface area contributed by atoms with Gasteiger partial charge >= 0.3 is 0 Å². The Morgan fingerprint density at radius 1 is 1.33 bits per heavy atom. The predicted molar refractivity (Wildman–Crippen MR) is 71.3 cm³/mol. The number of anilines is 2. The number of aromatic nitrogens is 2. The van der Waals surface area contributed by atoms with Gasteiger partial charge in [-0.1, -0.05) is 0 Å². The Hall–Kier alpha value is -2.51. The molecule has 112 valence electrons. The van der Waals surface area contributed by atoms with Gasteiger partial charge in [0.15, 0.2) is 17.5 Å². The molecule has 0 unspecified atom stereocenters. The van der Waals surface area contributed by atoms with Crippen LogP contribution in [0.1, 0.15) is 23.1 Å². The van der Waals surface area contributed by atoms with Crippen LogP contribution in [0.4, 0.5) is 24.5 Å². The van der Waals surface area contributed by atoms with E-state index in [1.54, 1.807) is 13.8 Å². The fourth-order valence-electron chi connectivity index (χ4n) is 1.88. The van der Waals surface area contributed by atoms with Gasteiger partial charge in [-0.05, 0) is 13.8 Å². The Morgan fingerprint density at radius 3 is 2.43 bits per heavy atom. The number of nitrogens with one attached hydrogen (secondary N) is 1. The first-order chi connectivity index (χ1) is 9.85. The van der Waals surface area contributed by atoms with Crippen molar-refractivity contribution in [1.82, 2.24) is 9.78 Å². The van der Waals surface area contributed by atoms with Crippen LogP contribution in [0.5, 0.6) is 0 Å². The fourth-order valence-corrected chi connectivity index (χ4v) is 1.88. The number of carbonyl (C=O) groups excluding carboxylic acids is 1. The number of nitrogens with two attached hydrogens (primary N) is 1. The van der Waals surface area contributed by atoms with E-state index in [2.05, 4.69) is 10.4 Å². The smallest absolute Gasteiger partial charge is 0.276 e. The second-order valence-corrected chi connectivity index (χ2v) is 4.37. The zero-order chi connectivity index (χ0) is 15.7. The Labute approximate surface area is 118 Å². The zero-order valence-electron chi connectivity index (χ0n) is 11.4. The maximum absolute atomic E-state index is 13.1. The summed E-state index contributed by atoms with van der Waals surface area (Å²) in [6, 6.07) is 1.37. The van der Waals surface area contributed by atoms with Crippen molar-refractivity contribution < 1.29 is 18.0 Å². The summed E-state index contributed by atoms with van der Waals surface area (Å²) in [4.78, 5) is 12.1. The van der Waals surface area contributed by atoms with Gasteiger partial charge in [0.1, 0.15) is 5.69 Å². The average Bonchev–Trinajstić information content (AvgIpc) is 2.71. The third kappa shape index (κ3) is 2.69. The summed E-state index contributed by atoms with van der Waals surface area (Å²) in [5, 5.41) is 6.33. The highest BCUT2D eigenvalue weighted by Gasteiger charge is 2.20. The Bertz CT molecular complexity index is 689. The van der Waals surface area contributed by atoms with E-state index in [4.69, 9.17) is 5.73 Å². The molecular weight excluding hydrogens is 285 g/mol. The van der Waals surface area contributed by atoms with Crippen LogP contribution in [0.25, 0.3) is 0 Å². The zero-order valence-corrected chi connectivity index (χ0v) is 11.4. The number of hydrogen-bond donors (Lipinski definition) is 2. The molecule has 1 heterocycles. The molecule has 0 fully saturated rings. The number of carbonyl (C=O) groups is 1. The van der Waals surface area contributed by atoms with Crippen LogP contribution in [0.2, 0.25) is 0 Å². The summed E-state index contributed by atoms with van der Waals surface area (Å²) in [5.74, 6) is -5.06. The summed E-state index contributed by atoms with van der Waals surface area (Å²) in [6.07, 6.45) is 0. The van der Waals surface area contributed by atoms with E-state index in [9.17, 15) is 18.0 Å². The van der Waals surface area contributed by atoms with Crippen molar-refractivity contribution in [3.05, 3.63) is 41.0 Å². The molecule has 0 saturated heterocycles. The monoisotopic (exact) mass is 298 g/mol. The second kappa shape index (κ2) is 5.47. The molecule has 21 heavy (non-hydrogen) atoms. The van der Waals surface area contributed by atoms with Crippen LogP contribution in [0.3, 0.4) is 0 Å². The van der Waals surface area contributed by atoms with Crippen molar-refractivity contribution in [2.24, 2.45) is 0 Å². The lowest BCUT2D eigenvalue weighted by molar-refractivity contribution is 0.101. The normalized spacial score (nSPS) is 10.7. The molecule has 2 rings (SSSR count). The minimum Gasteiger partial charge on any atom is -0.395 e. The quantitative estimate of drug-likeness (QED) is 0.855. The molecular formula is C13H13F3N4O. The first-order valence-corrected chi connectivity index (χ1v) is 6.13. The molecule has 5 nitrogen and oxygen atoms in total. The van der Waals surface area contributed by atoms with Crippen LogP contribution in [0.15, 0.2) is 12.1 Å². The Balaban J connectivity index is 2.35. The number of nitrogens with zero attached hydrogens (tertiary/aromatic N) is 2. The van der Waals surface area contributed by atoms with E-state index in [0.717, 1.165) is 0 Å². The molecule has 0 aliphatic carbocycles. The third-order valence-corrected chi connectivity index (χ3v) is 2.93. The number of rotatable bonds is 3. The highest BCUT2D eigenvalue weighted by atomic mass is 19.2. The van der Waals surface area contributed by atoms with E-state index < -0.39 is 23.4 Å². The average molecular weight is 298 g/mol. The van der Waals surface area contributed by atoms with E-state index in [1.807, 2.05) is 0 Å². The molecule has 0 aliphatic rings. The van der Waals surface area contributed by atoms with Crippen molar-refractivity contribution >= 4 is 17.3 Å². The lowest BCUT2D eigenvalue weighted by atomic mass is 10.2. The first kappa shape index (κ1) is 14.9. The first-order valence-electron chi connectivity index (χ1n) is 6.13. The van der Waals surface area contributed by atoms with Crippen molar-refractivity contribution in [1.29, 1.82) is 0 Å². The third-order valence-electron chi connectivity index (χ3n) is 2.93. The number of amides is 1. The van der Waals surface area contributed by atoms with Gasteiger partial charge in [-0.25, -0.2) is 13.2 Å². The summed E-state index contributed by atoms with van der Waals surface area (Å²) < 4.78 is 40.5. The van der Waals surface area contributed by atoms with Gasteiger partial charge in [0.25, 0.3) is 5.91 Å². The topological polar surface area (TPSA) is 72.9 Å². The Kier molecular flexibility index (Phi) is 3.88. The molecule has 0 bridgehead atoms. The highest BCUT2D eigenvalue weighted by molar-refractivity contribution is 6.06. The van der Waals surface area contributed by atoms with E-state index >= 15 is 0 Å². The van der Waals surface area contributed by atoms with Crippen molar-refractivity contribution in [3.63, 3.8) is 0 Å². The van der Waals surface area contributed by atoms with Crippen LogP contribution in [-0.2, 0) is 6.54 Å². The van der Waals surface area contributed by atoms with Gasteiger partial charge < -0.3 is 11.1 Å². The van der Waals surface area contributed by atoms with Gasteiger partial charge in [0.05, 0.1) is 11.4 Å². The minimum absolute atomic E-state index is 0.0835. The number of nitrogen functional groups attached to an aromatic ring is 1. The molecule has 1 aromatic heterocycles. The van der Waals surface area contributed by atoms with Gasteiger partial charge in [0, 0.05) is 24.4 Å². The number of halogens is 3. The van der Waals surface area contributed by atoms with Crippen molar-refractivity contribution in [2.45, 2.75) is 20.4 Å². The molecule has 8 heteroatoms. The standard InChI is InChI=1S/C13H13F3N4O/c1-3-20-12(11(17)6(2)19-20)13(21)18-7-4-8(14)10(16)9(15)5-7/h4-5H,3,17H2,1-2H3,(H,18,21). The molecule has 1 amide bonds. The molecule has 3 N–H and O–H groups in total. The van der Waals surface area contributed by atoms with Crippen LogP contribution in [-0.4, -0.2) is 15.7 Å². The molecule has 0 saturated carbocycles. The maximum Gasteiger partial charge on any atom is 0.276 e. The second-order valence-electron chi connectivity index (χ2n) is 4.37. The van der Waals surface area contributed by atoms with Crippen LogP contribution >= 0.6 is 0 Å². The predicted octanol–water partition coefficient (Wildman–Crippen LogP) is 2.46. The Morgan fingerprint density at radius 2 is 1.90 bits per heavy atom. The molecule has 0 aliphatic heterocycles. The lowest BCUT2D eigenvalue weighted by Gasteiger charge is -2.08. The summed E-state index contributed by atoms with van der Waals surface area (Å²) >= 11 is 0. The molecule has 0 radical (unpaired) electrons. The van der Waals surface area contributed by atoms with Gasteiger partial charge in [0.2, 0.25) is 0 Å². The lowest BCUT2D eigenvalue weighted by Crippen LogP contribution is -2.19. The number of benzene rings is 1. The number of aryl methyl sites for hydroxylation is 2. The SMILES string of the molecule is CCn1nc(C)c(N)c1C(=O)Nc1cc(F)c(F)c(F)c1. The van der Waals surface area contributed by atoms with E-state index in [1.165, 1.54) is 4.68 Å². The molecule has 2 aromatic rings. The van der Waals surface area contributed by atoms with E-state index in [0.29, 0.717) is 24.4 Å². The van der Waals surface area contributed by atoms with Crippen LogP contribution in [0, 0.1) is 24.4 Å². The van der Waals surface area contributed by atoms with Crippen LogP contribution < -0.4 is 11.1 Å². The highest BCUT2D eigenvalue weighted by Crippen LogP contribution is 2.21. The van der Waals surface area contributed by atoms with Gasteiger partial charge in [-0.2, -0.15) is 5.10 Å². The van der Waals surface area contributed by atoms with E-state index in [-0.39, 0.29) is 17.1 Å².